The molecule has 1 atom stereocenters. The Bertz CT molecular complexity index is 538. The van der Waals surface area contributed by atoms with Gasteiger partial charge in [0.25, 0.3) is 0 Å². The Hall–Kier alpha value is -2.08. The average molecular weight is 321 g/mol. The van der Waals surface area contributed by atoms with Crippen molar-refractivity contribution in [2.24, 2.45) is 5.73 Å². The zero-order chi connectivity index (χ0) is 17.5. The van der Waals surface area contributed by atoms with Crippen LogP contribution in [0.25, 0.3) is 0 Å². The van der Waals surface area contributed by atoms with E-state index in [1.54, 1.807) is 18.2 Å². The molecule has 0 saturated heterocycles. The third-order valence-corrected chi connectivity index (χ3v) is 3.15. The SMILES string of the molecule is CCC(CNCc1cccc(C(N)=O)c1)NC(=O)OC(C)(C)C. The molecule has 0 fully saturated rings. The zero-order valence-corrected chi connectivity index (χ0v) is 14.3. The monoisotopic (exact) mass is 321 g/mol. The van der Waals surface area contributed by atoms with Crippen LogP contribution in [-0.4, -0.2) is 30.2 Å². The lowest BCUT2D eigenvalue weighted by molar-refractivity contribution is 0.0502. The van der Waals surface area contributed by atoms with E-state index >= 15 is 0 Å². The molecule has 0 saturated carbocycles. The number of rotatable bonds is 7. The summed E-state index contributed by atoms with van der Waals surface area (Å²) in [5.74, 6) is -0.440. The minimum Gasteiger partial charge on any atom is -0.444 e. The molecule has 1 aromatic carbocycles. The van der Waals surface area contributed by atoms with Crippen molar-refractivity contribution in [3.63, 3.8) is 0 Å². The van der Waals surface area contributed by atoms with E-state index in [1.807, 2.05) is 33.8 Å². The van der Waals surface area contributed by atoms with Crippen molar-refractivity contribution in [2.45, 2.75) is 52.3 Å². The first-order valence-electron chi connectivity index (χ1n) is 7.80. The highest BCUT2D eigenvalue weighted by Crippen LogP contribution is 2.07. The second kappa shape index (κ2) is 8.53. The Balaban J connectivity index is 2.44. The van der Waals surface area contributed by atoms with Crippen LogP contribution in [0.15, 0.2) is 24.3 Å². The predicted molar refractivity (Wildman–Crippen MR) is 90.1 cm³/mol. The number of hydrogen-bond acceptors (Lipinski definition) is 4. The molecule has 0 aromatic heterocycles. The summed E-state index contributed by atoms with van der Waals surface area (Å²) in [6.45, 7) is 8.69. The van der Waals surface area contributed by atoms with E-state index in [0.717, 1.165) is 12.0 Å². The molecule has 0 aliphatic heterocycles. The predicted octanol–water partition coefficient (Wildman–Crippen LogP) is 2.18. The molecule has 23 heavy (non-hydrogen) atoms. The van der Waals surface area contributed by atoms with Crippen molar-refractivity contribution in [1.82, 2.24) is 10.6 Å². The number of benzene rings is 1. The van der Waals surface area contributed by atoms with Gasteiger partial charge in [-0.3, -0.25) is 4.79 Å². The maximum Gasteiger partial charge on any atom is 0.407 e. The second-order valence-corrected chi connectivity index (χ2v) is 6.45. The standard InChI is InChI=1S/C17H27N3O3/c1-5-14(20-16(22)23-17(2,3)4)11-19-10-12-7-6-8-13(9-12)15(18)21/h6-9,14,19H,5,10-11H2,1-4H3,(H2,18,21)(H,20,22). The van der Waals surface area contributed by atoms with Crippen LogP contribution >= 0.6 is 0 Å². The van der Waals surface area contributed by atoms with Crippen LogP contribution in [0.5, 0.6) is 0 Å². The summed E-state index contributed by atoms with van der Waals surface area (Å²) < 4.78 is 5.25. The average Bonchev–Trinajstić information content (AvgIpc) is 2.44. The van der Waals surface area contributed by atoms with Gasteiger partial charge >= 0.3 is 6.09 Å². The van der Waals surface area contributed by atoms with E-state index in [-0.39, 0.29) is 6.04 Å². The molecule has 0 bridgehead atoms. The van der Waals surface area contributed by atoms with Gasteiger partial charge in [-0.15, -0.1) is 0 Å². The Morgan fingerprint density at radius 2 is 2.00 bits per heavy atom. The van der Waals surface area contributed by atoms with Crippen molar-refractivity contribution >= 4 is 12.0 Å². The smallest absolute Gasteiger partial charge is 0.407 e. The molecular weight excluding hydrogens is 294 g/mol. The first-order valence-corrected chi connectivity index (χ1v) is 7.80. The van der Waals surface area contributed by atoms with Crippen molar-refractivity contribution in [3.8, 4) is 0 Å². The van der Waals surface area contributed by atoms with E-state index < -0.39 is 17.6 Å². The molecule has 0 radical (unpaired) electrons. The van der Waals surface area contributed by atoms with Gasteiger partial charge in [0.05, 0.1) is 0 Å². The second-order valence-electron chi connectivity index (χ2n) is 6.45. The van der Waals surface area contributed by atoms with Gasteiger partial charge in [0.2, 0.25) is 5.91 Å². The zero-order valence-electron chi connectivity index (χ0n) is 14.3. The molecule has 0 heterocycles. The molecule has 0 spiro atoms. The first-order chi connectivity index (χ1) is 10.7. The fourth-order valence-electron chi connectivity index (χ4n) is 2.00. The minimum atomic E-state index is -0.509. The van der Waals surface area contributed by atoms with Gasteiger partial charge in [0, 0.05) is 24.7 Å². The van der Waals surface area contributed by atoms with Crippen LogP contribution in [0.1, 0.15) is 50.0 Å². The molecule has 1 rings (SSSR count). The van der Waals surface area contributed by atoms with Gasteiger partial charge in [-0.25, -0.2) is 4.79 Å². The number of primary amides is 1. The molecule has 2 amide bonds. The van der Waals surface area contributed by atoms with Crippen LogP contribution in [0.3, 0.4) is 0 Å². The topological polar surface area (TPSA) is 93.5 Å². The number of nitrogens with two attached hydrogens (primary N) is 1. The minimum absolute atomic E-state index is 0.0239. The Morgan fingerprint density at radius 1 is 1.30 bits per heavy atom. The molecule has 4 N–H and O–H groups in total. The molecule has 1 aromatic rings. The fourth-order valence-corrected chi connectivity index (χ4v) is 2.00. The molecule has 6 heteroatoms. The van der Waals surface area contributed by atoms with Crippen molar-refractivity contribution in [3.05, 3.63) is 35.4 Å². The van der Waals surface area contributed by atoms with Crippen LogP contribution in [0, 0.1) is 0 Å². The van der Waals surface area contributed by atoms with Gasteiger partial charge in [-0.1, -0.05) is 19.1 Å². The molecule has 128 valence electrons. The summed E-state index contributed by atoms with van der Waals surface area (Å²) >= 11 is 0. The lowest BCUT2D eigenvalue weighted by Gasteiger charge is -2.23. The maximum absolute atomic E-state index is 11.8. The summed E-state index contributed by atoms with van der Waals surface area (Å²) in [5.41, 5.74) is 6.21. The third-order valence-electron chi connectivity index (χ3n) is 3.15. The van der Waals surface area contributed by atoms with Crippen LogP contribution in [-0.2, 0) is 11.3 Å². The molecule has 1 unspecified atom stereocenters. The Labute approximate surface area is 137 Å². The highest BCUT2D eigenvalue weighted by atomic mass is 16.6. The molecule has 0 aliphatic carbocycles. The van der Waals surface area contributed by atoms with Crippen LogP contribution in [0.4, 0.5) is 4.79 Å². The highest BCUT2D eigenvalue weighted by molar-refractivity contribution is 5.92. The summed E-state index contributed by atoms with van der Waals surface area (Å²) in [4.78, 5) is 22.9. The van der Waals surface area contributed by atoms with E-state index in [2.05, 4.69) is 10.6 Å². The quantitative estimate of drug-likeness (QED) is 0.717. The van der Waals surface area contributed by atoms with Crippen LogP contribution < -0.4 is 16.4 Å². The van der Waals surface area contributed by atoms with Gasteiger partial charge in [0.15, 0.2) is 0 Å². The molecular formula is C17H27N3O3. The fraction of sp³-hybridized carbons (Fsp3) is 0.529. The van der Waals surface area contributed by atoms with Crippen molar-refractivity contribution in [2.75, 3.05) is 6.54 Å². The van der Waals surface area contributed by atoms with Crippen LogP contribution in [0.2, 0.25) is 0 Å². The van der Waals surface area contributed by atoms with Gasteiger partial charge in [0.1, 0.15) is 5.60 Å². The number of carbonyl (C=O) groups is 2. The maximum atomic E-state index is 11.8. The molecule has 6 nitrogen and oxygen atoms in total. The first kappa shape index (κ1) is 19.0. The largest absolute Gasteiger partial charge is 0.444 e. The van der Waals surface area contributed by atoms with Crippen molar-refractivity contribution in [1.29, 1.82) is 0 Å². The normalized spacial score (nSPS) is 12.5. The summed E-state index contributed by atoms with van der Waals surface area (Å²) in [5, 5.41) is 6.11. The molecule has 0 aliphatic rings. The summed E-state index contributed by atoms with van der Waals surface area (Å²) in [7, 11) is 0. The Morgan fingerprint density at radius 3 is 2.57 bits per heavy atom. The Kier molecular flexibility index (Phi) is 7.03. The number of alkyl carbamates (subject to hydrolysis) is 1. The lowest BCUT2D eigenvalue weighted by Crippen LogP contribution is -2.43. The number of hydrogen-bond donors (Lipinski definition) is 3. The van der Waals surface area contributed by atoms with Gasteiger partial charge in [-0.2, -0.15) is 0 Å². The number of nitrogens with one attached hydrogen (secondary N) is 2. The highest BCUT2D eigenvalue weighted by Gasteiger charge is 2.18. The number of amides is 2. The third kappa shape index (κ3) is 7.65. The van der Waals surface area contributed by atoms with E-state index in [1.165, 1.54) is 0 Å². The van der Waals surface area contributed by atoms with Crippen molar-refractivity contribution < 1.29 is 14.3 Å². The van der Waals surface area contributed by atoms with E-state index in [9.17, 15) is 9.59 Å². The lowest BCUT2D eigenvalue weighted by atomic mass is 10.1. The van der Waals surface area contributed by atoms with Gasteiger partial charge < -0.3 is 21.1 Å². The number of carbonyl (C=O) groups excluding carboxylic acids is 2. The number of ether oxygens (including phenoxy) is 1. The summed E-state index contributed by atoms with van der Waals surface area (Å²) in [6, 6.07) is 7.14. The van der Waals surface area contributed by atoms with E-state index in [0.29, 0.717) is 18.7 Å². The van der Waals surface area contributed by atoms with Gasteiger partial charge in [-0.05, 0) is 44.9 Å². The van der Waals surface area contributed by atoms with E-state index in [4.69, 9.17) is 10.5 Å². The summed E-state index contributed by atoms with van der Waals surface area (Å²) in [6.07, 6.45) is 0.370.